The van der Waals surface area contributed by atoms with Crippen LogP contribution >= 0.6 is 0 Å². The first-order valence-electron chi connectivity index (χ1n) is 7.09. The summed E-state index contributed by atoms with van der Waals surface area (Å²) in [6.45, 7) is 5.22. The van der Waals surface area contributed by atoms with Crippen molar-refractivity contribution < 1.29 is 14.6 Å². The molecule has 0 fully saturated rings. The lowest BCUT2D eigenvalue weighted by atomic mass is 9.99. The Morgan fingerprint density at radius 2 is 1.89 bits per heavy atom. The molecule has 3 heteroatoms. The average molecular weight is 264 g/mol. The van der Waals surface area contributed by atoms with Gasteiger partial charge < -0.3 is 9.84 Å². The van der Waals surface area contributed by atoms with Crippen LogP contribution in [0.3, 0.4) is 0 Å². The zero-order chi connectivity index (χ0) is 14.1. The van der Waals surface area contributed by atoms with Crippen molar-refractivity contribution in [1.82, 2.24) is 0 Å². The molecule has 0 spiro atoms. The Balaban J connectivity index is 2.17. The van der Waals surface area contributed by atoms with Crippen LogP contribution in [0.5, 0.6) is 5.75 Å². The average Bonchev–Trinajstić information content (AvgIpc) is 2.39. The van der Waals surface area contributed by atoms with Gasteiger partial charge in [-0.25, -0.2) is 4.79 Å². The molecular formula is C16H24O3. The van der Waals surface area contributed by atoms with Gasteiger partial charge in [0.1, 0.15) is 5.75 Å². The fraction of sp³-hybridized carbons (Fsp3) is 0.562. The molecule has 0 unspecified atom stereocenters. The number of aromatic carboxylic acids is 1. The minimum absolute atomic E-state index is 0.292. The first-order valence-corrected chi connectivity index (χ1v) is 7.09. The second-order valence-corrected chi connectivity index (χ2v) is 5.07. The van der Waals surface area contributed by atoms with E-state index in [1.54, 1.807) is 24.3 Å². The van der Waals surface area contributed by atoms with Crippen LogP contribution in [0.2, 0.25) is 0 Å². The van der Waals surface area contributed by atoms with Crippen LogP contribution in [0.25, 0.3) is 0 Å². The summed E-state index contributed by atoms with van der Waals surface area (Å²) < 4.78 is 5.59. The molecule has 0 amide bonds. The molecule has 3 nitrogen and oxygen atoms in total. The molecule has 0 saturated carbocycles. The Labute approximate surface area is 115 Å². The molecule has 0 heterocycles. The number of unbranched alkanes of at least 4 members (excludes halogenated alkanes) is 1. The second kappa shape index (κ2) is 8.57. The van der Waals surface area contributed by atoms with E-state index in [9.17, 15) is 4.79 Å². The van der Waals surface area contributed by atoms with Gasteiger partial charge in [-0.05, 0) is 43.0 Å². The lowest BCUT2D eigenvalue weighted by Gasteiger charge is -2.10. The van der Waals surface area contributed by atoms with Crippen molar-refractivity contribution in [3.8, 4) is 5.75 Å². The van der Waals surface area contributed by atoms with Gasteiger partial charge >= 0.3 is 5.97 Å². The zero-order valence-corrected chi connectivity index (χ0v) is 11.9. The second-order valence-electron chi connectivity index (χ2n) is 5.07. The summed E-state index contributed by atoms with van der Waals surface area (Å²) >= 11 is 0. The summed E-state index contributed by atoms with van der Waals surface area (Å²) in [4.78, 5) is 10.7. The van der Waals surface area contributed by atoms with E-state index in [4.69, 9.17) is 9.84 Å². The molecule has 0 aliphatic carbocycles. The van der Waals surface area contributed by atoms with E-state index in [0.717, 1.165) is 18.1 Å². The van der Waals surface area contributed by atoms with Crippen LogP contribution < -0.4 is 4.74 Å². The molecule has 1 rings (SSSR count). The Morgan fingerprint density at radius 1 is 1.21 bits per heavy atom. The minimum Gasteiger partial charge on any atom is -0.494 e. The number of benzene rings is 1. The molecule has 0 aliphatic heterocycles. The van der Waals surface area contributed by atoms with E-state index in [1.807, 2.05) is 0 Å². The van der Waals surface area contributed by atoms with Crippen molar-refractivity contribution in [2.75, 3.05) is 6.61 Å². The van der Waals surface area contributed by atoms with Gasteiger partial charge in [0.05, 0.1) is 12.2 Å². The summed E-state index contributed by atoms with van der Waals surface area (Å²) in [6.07, 6.45) is 6.06. The third-order valence-electron chi connectivity index (χ3n) is 3.24. The van der Waals surface area contributed by atoms with Crippen molar-refractivity contribution >= 4 is 5.97 Å². The Kier molecular flexibility index (Phi) is 7.01. The molecule has 0 aliphatic rings. The zero-order valence-electron chi connectivity index (χ0n) is 11.9. The maximum atomic E-state index is 10.7. The molecule has 1 aromatic rings. The van der Waals surface area contributed by atoms with Gasteiger partial charge in [0.2, 0.25) is 0 Å². The Hall–Kier alpha value is -1.51. The highest BCUT2D eigenvalue weighted by Gasteiger charge is 2.03. The highest BCUT2D eigenvalue weighted by Crippen LogP contribution is 2.15. The highest BCUT2D eigenvalue weighted by atomic mass is 16.5. The quantitative estimate of drug-likeness (QED) is 0.674. The van der Waals surface area contributed by atoms with Gasteiger partial charge in [-0.3, -0.25) is 0 Å². The first-order chi connectivity index (χ1) is 9.13. The summed E-state index contributed by atoms with van der Waals surface area (Å²) in [6, 6.07) is 6.56. The number of rotatable bonds is 9. The molecule has 0 radical (unpaired) electrons. The summed E-state index contributed by atoms with van der Waals surface area (Å²) in [7, 11) is 0. The topological polar surface area (TPSA) is 46.5 Å². The number of carboxylic acid groups (broad SMARTS) is 1. The standard InChI is InChI=1S/C16H24O3/c1-3-6-13(2)7-4-5-12-19-15-10-8-14(9-11-15)16(17)18/h8-11,13H,3-7,12H2,1-2H3,(H,17,18)/t13-/m0/s1. The predicted molar refractivity (Wildman–Crippen MR) is 76.8 cm³/mol. The number of carboxylic acids is 1. The van der Waals surface area contributed by atoms with E-state index < -0.39 is 5.97 Å². The van der Waals surface area contributed by atoms with Crippen molar-refractivity contribution in [1.29, 1.82) is 0 Å². The van der Waals surface area contributed by atoms with Crippen LogP contribution in [-0.2, 0) is 0 Å². The lowest BCUT2D eigenvalue weighted by Crippen LogP contribution is -2.01. The van der Waals surface area contributed by atoms with Crippen molar-refractivity contribution in [3.05, 3.63) is 29.8 Å². The van der Waals surface area contributed by atoms with Gasteiger partial charge in [0.25, 0.3) is 0 Å². The van der Waals surface area contributed by atoms with Crippen molar-refractivity contribution in [2.24, 2.45) is 5.92 Å². The van der Waals surface area contributed by atoms with Crippen LogP contribution in [-0.4, -0.2) is 17.7 Å². The molecule has 1 aromatic carbocycles. The normalized spacial score (nSPS) is 12.1. The van der Waals surface area contributed by atoms with Crippen LogP contribution in [0, 0.1) is 5.92 Å². The molecule has 0 saturated heterocycles. The number of hydrogen-bond donors (Lipinski definition) is 1. The van der Waals surface area contributed by atoms with Gasteiger partial charge in [-0.2, -0.15) is 0 Å². The summed E-state index contributed by atoms with van der Waals surface area (Å²) in [5.41, 5.74) is 0.292. The van der Waals surface area contributed by atoms with Gasteiger partial charge in [-0.15, -0.1) is 0 Å². The maximum Gasteiger partial charge on any atom is 0.335 e. The third-order valence-corrected chi connectivity index (χ3v) is 3.24. The molecule has 19 heavy (non-hydrogen) atoms. The van der Waals surface area contributed by atoms with Crippen molar-refractivity contribution in [2.45, 2.75) is 46.0 Å². The molecular weight excluding hydrogens is 240 g/mol. The third kappa shape index (κ3) is 6.27. The highest BCUT2D eigenvalue weighted by molar-refractivity contribution is 5.87. The molecule has 1 atom stereocenters. The smallest absolute Gasteiger partial charge is 0.335 e. The molecule has 0 aromatic heterocycles. The first kappa shape index (κ1) is 15.5. The number of ether oxygens (including phenoxy) is 1. The van der Waals surface area contributed by atoms with E-state index in [1.165, 1.54) is 25.7 Å². The van der Waals surface area contributed by atoms with E-state index >= 15 is 0 Å². The maximum absolute atomic E-state index is 10.7. The summed E-state index contributed by atoms with van der Waals surface area (Å²) in [5.74, 6) is 0.642. The van der Waals surface area contributed by atoms with E-state index in [-0.39, 0.29) is 0 Å². The SMILES string of the molecule is CCC[C@H](C)CCCCOc1ccc(C(=O)O)cc1. The number of carbonyl (C=O) groups is 1. The van der Waals surface area contributed by atoms with Gasteiger partial charge in [0, 0.05) is 0 Å². The van der Waals surface area contributed by atoms with E-state index in [2.05, 4.69) is 13.8 Å². The largest absolute Gasteiger partial charge is 0.494 e. The Morgan fingerprint density at radius 3 is 2.47 bits per heavy atom. The molecule has 1 N–H and O–H groups in total. The summed E-state index contributed by atoms with van der Waals surface area (Å²) in [5, 5.41) is 8.78. The fourth-order valence-corrected chi connectivity index (χ4v) is 2.12. The van der Waals surface area contributed by atoms with Gasteiger partial charge in [-0.1, -0.05) is 33.1 Å². The molecule has 0 bridgehead atoms. The Bertz CT molecular complexity index is 370. The van der Waals surface area contributed by atoms with Crippen LogP contribution in [0.15, 0.2) is 24.3 Å². The van der Waals surface area contributed by atoms with E-state index in [0.29, 0.717) is 12.2 Å². The van der Waals surface area contributed by atoms with Crippen LogP contribution in [0.1, 0.15) is 56.3 Å². The van der Waals surface area contributed by atoms with Crippen LogP contribution in [0.4, 0.5) is 0 Å². The monoisotopic (exact) mass is 264 g/mol. The molecule has 106 valence electrons. The minimum atomic E-state index is -0.906. The van der Waals surface area contributed by atoms with Gasteiger partial charge in [0.15, 0.2) is 0 Å². The fourth-order valence-electron chi connectivity index (χ4n) is 2.12. The predicted octanol–water partition coefficient (Wildman–Crippen LogP) is 4.37. The number of hydrogen-bond acceptors (Lipinski definition) is 2. The van der Waals surface area contributed by atoms with Crippen molar-refractivity contribution in [3.63, 3.8) is 0 Å². The lowest BCUT2D eigenvalue weighted by molar-refractivity contribution is 0.0697.